The van der Waals surface area contributed by atoms with Crippen LogP contribution in [0.15, 0.2) is 237 Å². The summed E-state index contributed by atoms with van der Waals surface area (Å²) in [7, 11) is 0. The smallest absolute Gasteiger partial charge is 0.358 e. The fourth-order valence-electron chi connectivity index (χ4n) is 5.51. The fraction of sp³-hybridized carbons (Fsp3) is 0.299. The molecular weight excluding hydrogens is 1550 g/mol. The fourth-order valence-corrected chi connectivity index (χ4v) is 5.51. The number of hydrogen-bond acceptors (Lipinski definition) is 0. The second-order valence-corrected chi connectivity index (χ2v) is 12.6. The number of benzene rings is 8. The van der Waals surface area contributed by atoms with E-state index in [4.69, 9.17) is 0 Å². The van der Waals surface area contributed by atoms with E-state index in [0.29, 0.717) is 5.92 Å². The quantitative estimate of drug-likeness (QED) is 0.151. The van der Waals surface area contributed by atoms with Gasteiger partial charge in [0.05, 0.1) is 0 Å². The molecule has 0 heterocycles. The maximum atomic E-state index is 2.89. The summed E-state index contributed by atoms with van der Waals surface area (Å²) in [6, 6.07) is 81.6. The largest absolute Gasteiger partial charge is 2.00 e. The minimum atomic E-state index is 0. The SMILES string of the molecule is CC.CC.CC.CC.CC.CC.CC.CC.CC=Cc1ccccc1.CCC(c1ccccc1)c1ccccc1.CCc1ccccc1.Cc1ccccc1.[CH3-].[CH3-].[CH3-].[CH3-].[CH3-].[CH3-].[W+2].[Y].[Y].[Y].[Y].[Y].[c-]1ccccc1.c1ccc2ccccc2c1. The number of fused-ring (bicyclic) bond motifs is 1. The predicted molar refractivity (Wildman–Crippen MR) is 372 cm³/mol. The summed E-state index contributed by atoms with van der Waals surface area (Å²) in [5.74, 6) is 0.535. The van der Waals surface area contributed by atoms with Crippen molar-refractivity contribution in [1.82, 2.24) is 0 Å². The van der Waals surface area contributed by atoms with Crippen LogP contribution in [-0.4, -0.2) is 0 Å². The first kappa shape index (κ1) is 132. The zero-order valence-corrected chi connectivity index (χ0v) is 75.5. The molecule has 0 aliphatic carbocycles. The molecule has 8 aromatic carbocycles. The molecule has 8 rings (SSSR count). The molecule has 0 unspecified atom stereocenters. The molecule has 0 saturated heterocycles. The number of allylic oxidation sites excluding steroid dienone is 1. The zero-order valence-electron chi connectivity index (χ0n) is 58.4. The van der Waals surface area contributed by atoms with Gasteiger partial charge in [0.15, 0.2) is 0 Å². The molecule has 0 bridgehead atoms. The van der Waals surface area contributed by atoms with E-state index in [1.54, 1.807) is 0 Å². The summed E-state index contributed by atoms with van der Waals surface area (Å²) < 4.78 is 0. The van der Waals surface area contributed by atoms with Gasteiger partial charge in [0.2, 0.25) is 0 Å². The van der Waals surface area contributed by atoms with Crippen LogP contribution in [-0.2, 0) is 191 Å². The third kappa shape index (κ3) is 84.1. The van der Waals surface area contributed by atoms with Crippen LogP contribution in [0.5, 0.6) is 0 Å². The van der Waals surface area contributed by atoms with Crippen molar-refractivity contribution in [3.8, 4) is 0 Å². The predicted octanol–water partition coefficient (Wildman–Crippen LogP) is 26.4. The number of aryl methyl sites for hydroxylation is 2. The van der Waals surface area contributed by atoms with Crippen molar-refractivity contribution >= 4 is 16.8 Å². The van der Waals surface area contributed by atoms with Crippen LogP contribution >= 0.6 is 0 Å². The molecule has 0 fully saturated rings. The molecule has 0 aliphatic rings. The van der Waals surface area contributed by atoms with E-state index in [0.717, 1.165) is 12.8 Å². The van der Waals surface area contributed by atoms with Gasteiger partial charge >= 0.3 is 21.1 Å². The number of hydrogen-bond donors (Lipinski definition) is 0. The van der Waals surface area contributed by atoms with Crippen molar-refractivity contribution in [1.29, 1.82) is 0 Å². The zero-order chi connectivity index (χ0) is 55.0. The van der Waals surface area contributed by atoms with E-state index < -0.39 is 0 Å². The van der Waals surface area contributed by atoms with Gasteiger partial charge in [0, 0.05) is 169 Å². The molecule has 0 N–H and O–H groups in total. The van der Waals surface area contributed by atoms with Gasteiger partial charge < -0.3 is 44.6 Å². The second kappa shape index (κ2) is 120. The minimum Gasteiger partial charge on any atom is -0.358 e. The molecular formula is C77H123WY5-5. The monoisotopic (exact) mass is 1680 g/mol. The van der Waals surface area contributed by atoms with E-state index >= 15 is 0 Å². The second-order valence-electron chi connectivity index (χ2n) is 12.6. The summed E-state index contributed by atoms with van der Waals surface area (Å²) in [5, 5.41) is 2.62. The van der Waals surface area contributed by atoms with Crippen molar-refractivity contribution in [2.45, 2.75) is 157 Å². The summed E-state index contributed by atoms with van der Waals surface area (Å²) in [5.41, 5.74) is 6.81. The summed E-state index contributed by atoms with van der Waals surface area (Å²) >= 11 is 0. The van der Waals surface area contributed by atoms with Gasteiger partial charge in [0.25, 0.3) is 0 Å². The molecule has 0 saturated carbocycles. The first-order valence-electron chi connectivity index (χ1n) is 27.3. The molecule has 0 amide bonds. The molecule has 5 radical (unpaired) electrons. The van der Waals surface area contributed by atoms with Gasteiger partial charge in [-0.15, -0.1) is 0 Å². The van der Waals surface area contributed by atoms with E-state index in [2.05, 4.69) is 191 Å². The van der Waals surface area contributed by atoms with E-state index in [-0.39, 0.29) is 229 Å². The molecule has 0 aliphatic heterocycles. The van der Waals surface area contributed by atoms with Gasteiger partial charge in [0.1, 0.15) is 0 Å². The van der Waals surface area contributed by atoms with E-state index in [1.807, 2.05) is 197 Å². The van der Waals surface area contributed by atoms with Crippen LogP contribution in [0.1, 0.15) is 172 Å². The molecule has 6 heteroatoms. The Labute approximate surface area is 663 Å². The van der Waals surface area contributed by atoms with Crippen LogP contribution in [0.3, 0.4) is 0 Å². The Kier molecular flexibility index (Phi) is 191. The number of rotatable bonds is 5. The molecule has 8 aromatic rings. The molecule has 83 heavy (non-hydrogen) atoms. The maximum Gasteiger partial charge on any atom is 2.00 e. The van der Waals surface area contributed by atoms with E-state index in [9.17, 15) is 0 Å². The molecule has 457 valence electrons. The summed E-state index contributed by atoms with van der Waals surface area (Å²) in [4.78, 5) is 0. The Balaban J connectivity index is -0.0000000359. The Bertz CT molecular complexity index is 1960. The van der Waals surface area contributed by atoms with E-state index in [1.165, 1.54) is 38.6 Å². The Morgan fingerprint density at radius 1 is 0.337 bits per heavy atom. The average Bonchev–Trinajstić information content (AvgIpc) is 3.50. The Morgan fingerprint density at radius 3 is 0.771 bits per heavy atom. The Hall–Kier alpha value is -0.0322. The van der Waals surface area contributed by atoms with Crippen molar-refractivity contribution < 1.29 is 185 Å². The molecule has 0 spiro atoms. The van der Waals surface area contributed by atoms with Crippen LogP contribution in [0.2, 0.25) is 0 Å². The van der Waals surface area contributed by atoms with Gasteiger partial charge in [-0.2, -0.15) is 36.4 Å². The summed E-state index contributed by atoms with van der Waals surface area (Å²) in [6.45, 7) is 40.5. The topological polar surface area (TPSA) is 0 Å². The van der Waals surface area contributed by atoms with Crippen molar-refractivity contribution in [3.63, 3.8) is 0 Å². The molecule has 0 atom stereocenters. The van der Waals surface area contributed by atoms with Crippen LogP contribution in [0.4, 0.5) is 0 Å². The normalized spacial score (nSPS) is 7.00. The standard InChI is InChI=1S/C15H16.C10H8.C9H10.C8H10.C7H8.C6H5.8C2H6.6CH3.W.5Y/c1-2-15(13-9-5-3-6-10-13)14-11-7-4-8-12-14;1-2-6-10-8-4-3-7-9(10)5-1;1-2-6-9-7-4-3-5-8-9;1-2-8-6-4-3-5-7-8;1-7-5-3-2-4-6-7;1-2-4-6-5-3-1;8*1-2;;;;;;;;;;;;/h3-12,15H,2H2,1H3;1-8H;2-8H,1H3;3-7H,2H2,1H3;2-6H,1H3;1-5H;8*1-2H3;6*1H3;;;;;;/q;;;;;-1;;;;;;;;;6*-1;+2;;;;;. The molecule has 0 nitrogen and oxygen atoms in total. The van der Waals surface area contributed by atoms with Crippen molar-refractivity contribution in [2.24, 2.45) is 0 Å². The van der Waals surface area contributed by atoms with Crippen LogP contribution in [0.25, 0.3) is 16.8 Å². The van der Waals surface area contributed by atoms with Crippen molar-refractivity contribution in [2.75, 3.05) is 0 Å². The first-order chi connectivity index (χ1) is 35.1. The maximum absolute atomic E-state index is 2.89. The van der Waals surface area contributed by atoms with Gasteiger partial charge in [-0.1, -0.05) is 343 Å². The Morgan fingerprint density at radius 2 is 0.578 bits per heavy atom. The third-order valence-electron chi connectivity index (χ3n) is 8.43. The average molecular weight is 1680 g/mol. The van der Waals surface area contributed by atoms with Gasteiger partial charge in [-0.3, -0.25) is 0 Å². The molecule has 0 aromatic heterocycles. The summed E-state index contributed by atoms with van der Waals surface area (Å²) in [6.07, 6.45) is 6.41. The first-order valence-corrected chi connectivity index (χ1v) is 27.3. The van der Waals surface area contributed by atoms with Crippen LogP contribution < -0.4 is 0 Å². The van der Waals surface area contributed by atoms with Gasteiger partial charge in [-0.05, 0) is 59.7 Å². The van der Waals surface area contributed by atoms with Gasteiger partial charge in [-0.25, -0.2) is 0 Å². The van der Waals surface area contributed by atoms with Crippen molar-refractivity contribution in [3.05, 3.63) is 315 Å². The third-order valence-corrected chi connectivity index (χ3v) is 8.43. The minimum absolute atomic E-state index is 0. The van der Waals surface area contributed by atoms with Crippen LogP contribution in [0, 0.1) is 57.6 Å².